The number of ether oxygens (including phenoxy) is 1. The van der Waals surface area contributed by atoms with Gasteiger partial charge in [0.25, 0.3) is 0 Å². The Bertz CT molecular complexity index is 447. The Morgan fingerprint density at radius 2 is 1.95 bits per heavy atom. The molecule has 1 fully saturated rings. The molecule has 1 heterocycles. The van der Waals surface area contributed by atoms with Crippen LogP contribution in [0.5, 0.6) is 5.75 Å². The topological polar surface area (TPSA) is 38.5 Å². The predicted octanol–water partition coefficient (Wildman–Crippen LogP) is 3.46. The molecular formula is C15H21F3N2O. The summed E-state index contributed by atoms with van der Waals surface area (Å²) in [6, 6.07) is 6.51. The zero-order chi connectivity index (χ0) is 15.5. The van der Waals surface area contributed by atoms with E-state index in [0.717, 1.165) is 24.9 Å². The summed E-state index contributed by atoms with van der Waals surface area (Å²) < 4.78 is 40.4. The summed E-state index contributed by atoms with van der Waals surface area (Å²) in [4.78, 5) is 2.34. The summed E-state index contributed by atoms with van der Waals surface area (Å²) in [6.07, 6.45) is -1.18. The maximum absolute atomic E-state index is 12.2. The van der Waals surface area contributed by atoms with E-state index < -0.39 is 6.36 Å². The van der Waals surface area contributed by atoms with E-state index in [9.17, 15) is 13.2 Å². The van der Waals surface area contributed by atoms with Gasteiger partial charge in [0.1, 0.15) is 5.75 Å². The van der Waals surface area contributed by atoms with Gasteiger partial charge in [-0.3, -0.25) is 4.90 Å². The average molecular weight is 302 g/mol. The van der Waals surface area contributed by atoms with Crippen molar-refractivity contribution in [1.29, 1.82) is 0 Å². The zero-order valence-corrected chi connectivity index (χ0v) is 12.1. The van der Waals surface area contributed by atoms with Crippen molar-refractivity contribution in [2.24, 2.45) is 5.73 Å². The van der Waals surface area contributed by atoms with Crippen molar-refractivity contribution in [2.45, 2.75) is 44.6 Å². The number of benzene rings is 1. The molecule has 3 nitrogen and oxygen atoms in total. The first-order valence-electron chi connectivity index (χ1n) is 7.22. The van der Waals surface area contributed by atoms with Gasteiger partial charge >= 0.3 is 6.36 Å². The number of nitrogens with zero attached hydrogens (tertiary/aromatic N) is 1. The molecule has 1 aromatic carbocycles. The molecule has 0 aliphatic carbocycles. The van der Waals surface area contributed by atoms with Crippen molar-refractivity contribution < 1.29 is 17.9 Å². The quantitative estimate of drug-likeness (QED) is 0.925. The van der Waals surface area contributed by atoms with Crippen LogP contribution in [0.2, 0.25) is 0 Å². The third-order valence-electron chi connectivity index (χ3n) is 3.98. The van der Waals surface area contributed by atoms with Crippen molar-refractivity contribution in [3.63, 3.8) is 0 Å². The van der Waals surface area contributed by atoms with Crippen LogP contribution in [0.15, 0.2) is 24.3 Å². The lowest BCUT2D eigenvalue weighted by atomic mass is 9.97. The lowest BCUT2D eigenvalue weighted by Crippen LogP contribution is -2.43. The molecule has 1 aliphatic rings. The van der Waals surface area contributed by atoms with Gasteiger partial charge in [-0.05, 0) is 44.0 Å². The second-order valence-corrected chi connectivity index (χ2v) is 5.45. The minimum Gasteiger partial charge on any atom is -0.406 e. The molecule has 0 saturated carbocycles. The number of rotatable bonds is 4. The van der Waals surface area contributed by atoms with Gasteiger partial charge in [0, 0.05) is 18.6 Å². The Hall–Kier alpha value is -1.27. The van der Waals surface area contributed by atoms with Gasteiger partial charge in [-0.15, -0.1) is 13.2 Å². The first-order valence-corrected chi connectivity index (χ1v) is 7.22. The number of alkyl halides is 3. The molecule has 0 radical (unpaired) electrons. The van der Waals surface area contributed by atoms with Crippen LogP contribution in [0.4, 0.5) is 13.2 Å². The fourth-order valence-corrected chi connectivity index (χ4v) is 2.94. The van der Waals surface area contributed by atoms with Crippen molar-refractivity contribution >= 4 is 0 Å². The van der Waals surface area contributed by atoms with Crippen LogP contribution in [-0.4, -0.2) is 30.4 Å². The van der Waals surface area contributed by atoms with E-state index in [1.165, 1.54) is 18.6 Å². The standard InChI is InChI=1S/C15H21F3N2O/c1-11-4-2-3-9-20(11)14(10-19)12-5-7-13(8-6-12)21-15(16,17)18/h5-8,11,14H,2-4,9-10,19H2,1H3. The molecule has 1 saturated heterocycles. The molecule has 0 aromatic heterocycles. The van der Waals surface area contributed by atoms with Gasteiger partial charge in [-0.2, -0.15) is 0 Å². The molecule has 1 aromatic rings. The minimum atomic E-state index is -4.66. The summed E-state index contributed by atoms with van der Waals surface area (Å²) in [5.41, 5.74) is 6.82. The highest BCUT2D eigenvalue weighted by molar-refractivity contribution is 5.29. The van der Waals surface area contributed by atoms with E-state index in [2.05, 4.69) is 16.6 Å². The molecule has 2 unspecified atom stereocenters. The van der Waals surface area contributed by atoms with Crippen LogP contribution < -0.4 is 10.5 Å². The maximum Gasteiger partial charge on any atom is 0.573 e. The number of likely N-dealkylation sites (tertiary alicyclic amines) is 1. The number of nitrogens with two attached hydrogens (primary N) is 1. The molecule has 118 valence electrons. The lowest BCUT2D eigenvalue weighted by Gasteiger charge is -2.39. The predicted molar refractivity (Wildman–Crippen MR) is 74.9 cm³/mol. The van der Waals surface area contributed by atoms with Gasteiger partial charge in [0.2, 0.25) is 0 Å². The highest BCUT2D eigenvalue weighted by Gasteiger charge is 2.31. The third kappa shape index (κ3) is 4.35. The van der Waals surface area contributed by atoms with Crippen molar-refractivity contribution in [3.8, 4) is 5.75 Å². The number of hydrogen-bond donors (Lipinski definition) is 1. The smallest absolute Gasteiger partial charge is 0.406 e. The van der Waals surface area contributed by atoms with E-state index in [1.807, 2.05) is 0 Å². The van der Waals surface area contributed by atoms with E-state index in [0.29, 0.717) is 12.6 Å². The molecule has 1 aliphatic heterocycles. The maximum atomic E-state index is 12.2. The summed E-state index contributed by atoms with van der Waals surface area (Å²) in [5.74, 6) is -0.200. The Kier molecular flexibility index (Phi) is 5.11. The second kappa shape index (κ2) is 6.66. The fraction of sp³-hybridized carbons (Fsp3) is 0.600. The van der Waals surface area contributed by atoms with Crippen LogP contribution in [0.3, 0.4) is 0 Å². The summed E-state index contributed by atoms with van der Waals surface area (Å²) in [5, 5.41) is 0. The van der Waals surface area contributed by atoms with E-state index >= 15 is 0 Å². The molecule has 0 spiro atoms. The van der Waals surface area contributed by atoms with Crippen LogP contribution >= 0.6 is 0 Å². The summed E-state index contributed by atoms with van der Waals surface area (Å²) in [7, 11) is 0. The molecule has 21 heavy (non-hydrogen) atoms. The number of piperidine rings is 1. The van der Waals surface area contributed by atoms with Crippen LogP contribution in [0, 0.1) is 0 Å². The molecule has 2 N–H and O–H groups in total. The SMILES string of the molecule is CC1CCCCN1C(CN)c1ccc(OC(F)(F)F)cc1. The van der Waals surface area contributed by atoms with Gasteiger partial charge in [-0.25, -0.2) is 0 Å². The highest BCUT2D eigenvalue weighted by atomic mass is 19.4. The summed E-state index contributed by atoms with van der Waals surface area (Å²) >= 11 is 0. The van der Waals surface area contributed by atoms with Crippen molar-refractivity contribution in [3.05, 3.63) is 29.8 Å². The van der Waals surface area contributed by atoms with Crippen LogP contribution in [-0.2, 0) is 0 Å². The Morgan fingerprint density at radius 1 is 1.29 bits per heavy atom. The molecule has 2 rings (SSSR count). The van der Waals surface area contributed by atoms with E-state index in [4.69, 9.17) is 5.73 Å². The Labute approximate surface area is 122 Å². The molecule has 0 bridgehead atoms. The Morgan fingerprint density at radius 3 is 2.48 bits per heavy atom. The van der Waals surface area contributed by atoms with E-state index in [-0.39, 0.29) is 11.8 Å². The summed E-state index contributed by atoms with van der Waals surface area (Å²) in [6.45, 7) is 3.59. The van der Waals surface area contributed by atoms with Crippen LogP contribution in [0.25, 0.3) is 0 Å². The normalized spacial score (nSPS) is 22.0. The average Bonchev–Trinajstić information content (AvgIpc) is 2.42. The number of hydrogen-bond acceptors (Lipinski definition) is 3. The zero-order valence-electron chi connectivity index (χ0n) is 12.1. The highest BCUT2D eigenvalue weighted by Crippen LogP contribution is 2.30. The van der Waals surface area contributed by atoms with Gasteiger partial charge in [0.05, 0.1) is 0 Å². The molecule has 0 amide bonds. The van der Waals surface area contributed by atoms with Crippen molar-refractivity contribution in [1.82, 2.24) is 4.90 Å². The van der Waals surface area contributed by atoms with Gasteiger partial charge in [0.15, 0.2) is 0 Å². The lowest BCUT2D eigenvalue weighted by molar-refractivity contribution is -0.274. The van der Waals surface area contributed by atoms with Crippen LogP contribution in [0.1, 0.15) is 37.8 Å². The first-order chi connectivity index (χ1) is 9.90. The van der Waals surface area contributed by atoms with Gasteiger partial charge < -0.3 is 10.5 Å². The van der Waals surface area contributed by atoms with E-state index in [1.54, 1.807) is 12.1 Å². The molecule has 2 atom stereocenters. The fourth-order valence-electron chi connectivity index (χ4n) is 2.94. The largest absolute Gasteiger partial charge is 0.573 e. The van der Waals surface area contributed by atoms with Gasteiger partial charge in [-0.1, -0.05) is 18.6 Å². The molecule has 6 heteroatoms. The minimum absolute atomic E-state index is 0.0419. The first kappa shape index (κ1) is 16.1. The third-order valence-corrected chi connectivity index (χ3v) is 3.98. The second-order valence-electron chi connectivity index (χ2n) is 5.45. The van der Waals surface area contributed by atoms with Crippen molar-refractivity contribution in [2.75, 3.05) is 13.1 Å². The Balaban J connectivity index is 2.11. The molecular weight excluding hydrogens is 281 g/mol. The number of halogens is 3. The monoisotopic (exact) mass is 302 g/mol.